The number of rotatable bonds is 15. The number of aromatic nitrogens is 3. The number of hydrogen-bond donors (Lipinski definition) is 3. The summed E-state index contributed by atoms with van der Waals surface area (Å²) in [6.07, 6.45) is -1.59. The van der Waals surface area contributed by atoms with E-state index in [4.69, 9.17) is 33.5 Å². The van der Waals surface area contributed by atoms with E-state index in [2.05, 4.69) is 20.8 Å². The number of carbonyl (C=O) groups is 3. The van der Waals surface area contributed by atoms with Gasteiger partial charge in [0.15, 0.2) is 29.6 Å². The molecule has 252 valence electrons. The predicted octanol–water partition coefficient (Wildman–Crippen LogP) is 2.12. The van der Waals surface area contributed by atoms with E-state index >= 15 is 0 Å². The summed E-state index contributed by atoms with van der Waals surface area (Å²) in [6, 6.07) is 13.7. The van der Waals surface area contributed by atoms with Crippen molar-refractivity contribution in [3.05, 3.63) is 87.8 Å². The number of aryl methyl sites for hydroxylation is 1. The molecule has 0 saturated heterocycles. The van der Waals surface area contributed by atoms with Crippen LogP contribution < -0.4 is 22.2 Å². The van der Waals surface area contributed by atoms with Crippen molar-refractivity contribution in [2.45, 2.75) is 52.2 Å². The van der Waals surface area contributed by atoms with Crippen LogP contribution in [0.15, 0.2) is 62.2 Å². The van der Waals surface area contributed by atoms with Crippen LogP contribution in [0.3, 0.4) is 0 Å². The lowest BCUT2D eigenvalue weighted by Crippen LogP contribution is -2.55. The number of nitrogens with zero attached hydrogens (tertiary/aromatic N) is 4. The Bertz CT molecular complexity index is 1720. The van der Waals surface area contributed by atoms with Crippen molar-refractivity contribution in [1.82, 2.24) is 30.1 Å². The number of carbonyl (C=O) groups excluding carboxylic acids is 3. The fraction of sp³-hybridized carbons (Fsp3) is 0.400. The summed E-state index contributed by atoms with van der Waals surface area (Å²) in [7, 11) is 1.50. The molecular formula is C30H37N7O10. The third kappa shape index (κ3) is 9.38. The number of alkyl carbamates (subject to hydrolysis) is 1. The number of pyridine rings is 1. The Labute approximate surface area is 268 Å². The van der Waals surface area contributed by atoms with Gasteiger partial charge in [0.25, 0.3) is 0 Å². The molecule has 4 aromatic rings. The van der Waals surface area contributed by atoms with Gasteiger partial charge in [-0.3, -0.25) is 14.1 Å². The lowest BCUT2D eigenvalue weighted by Gasteiger charge is -2.27. The summed E-state index contributed by atoms with van der Waals surface area (Å²) < 4.78 is 32.9. The minimum Gasteiger partial charge on any atom is -0.443 e. The maximum absolute atomic E-state index is 13.6. The average molecular weight is 656 g/mol. The largest absolute Gasteiger partial charge is 0.519 e. The molecule has 0 aliphatic carbocycles. The monoisotopic (exact) mass is 655 g/mol. The van der Waals surface area contributed by atoms with E-state index in [0.717, 1.165) is 5.56 Å². The molecule has 17 heteroatoms. The van der Waals surface area contributed by atoms with E-state index in [-0.39, 0.29) is 57.2 Å². The molecular weight excluding hydrogens is 618 g/mol. The van der Waals surface area contributed by atoms with Gasteiger partial charge in [0.05, 0.1) is 25.6 Å². The standard InChI is InChI=1S/C30H37N7O10/c1-19-23(47-29(41)46-19)16-44-27(39)33-30(2,3)26(38)32-22(15-42-13-20-9-6-5-7-10-20)25-35-34-24-12-8-11-21(37(24)25)14-45-28(40)36(4)18-43-17-31/h5-12,22H,13-18,31H2,1-4H3,(H,32,38)(H,33,39). The van der Waals surface area contributed by atoms with Crippen LogP contribution in [-0.4, -0.2) is 70.2 Å². The van der Waals surface area contributed by atoms with Crippen molar-refractivity contribution in [3.63, 3.8) is 0 Å². The van der Waals surface area contributed by atoms with Gasteiger partial charge in [-0.15, -0.1) is 10.2 Å². The molecule has 17 nitrogen and oxygen atoms in total. The maximum Gasteiger partial charge on any atom is 0.519 e. The third-order valence-electron chi connectivity index (χ3n) is 6.76. The van der Waals surface area contributed by atoms with Gasteiger partial charge in [-0.2, -0.15) is 0 Å². The third-order valence-corrected chi connectivity index (χ3v) is 6.76. The zero-order valence-corrected chi connectivity index (χ0v) is 26.4. The first kappa shape index (κ1) is 34.6. The molecule has 0 radical (unpaired) electrons. The predicted molar refractivity (Wildman–Crippen MR) is 162 cm³/mol. The Balaban J connectivity index is 1.52. The molecule has 0 aliphatic rings. The van der Waals surface area contributed by atoms with Gasteiger partial charge >= 0.3 is 18.0 Å². The number of amides is 3. The van der Waals surface area contributed by atoms with Gasteiger partial charge < -0.3 is 44.1 Å². The van der Waals surface area contributed by atoms with Crippen LogP contribution >= 0.6 is 0 Å². The van der Waals surface area contributed by atoms with E-state index in [1.807, 2.05) is 30.3 Å². The fourth-order valence-electron chi connectivity index (χ4n) is 4.23. The van der Waals surface area contributed by atoms with Crippen molar-refractivity contribution in [2.75, 3.05) is 27.1 Å². The minimum absolute atomic E-state index is 0.0337. The van der Waals surface area contributed by atoms with Crippen molar-refractivity contribution < 1.29 is 42.2 Å². The minimum atomic E-state index is -1.49. The molecule has 0 bridgehead atoms. The second-order valence-electron chi connectivity index (χ2n) is 10.8. The fourth-order valence-corrected chi connectivity index (χ4v) is 4.23. The molecule has 3 amide bonds. The molecule has 0 aliphatic heterocycles. The highest BCUT2D eigenvalue weighted by molar-refractivity contribution is 5.89. The Morgan fingerprint density at radius 1 is 1.00 bits per heavy atom. The number of ether oxygens (including phenoxy) is 4. The zero-order valence-electron chi connectivity index (χ0n) is 26.4. The van der Waals surface area contributed by atoms with Gasteiger partial charge in [0, 0.05) is 7.05 Å². The van der Waals surface area contributed by atoms with Gasteiger partial charge in [-0.05, 0) is 38.5 Å². The summed E-state index contributed by atoms with van der Waals surface area (Å²) in [5.41, 5.74) is 5.69. The Morgan fingerprint density at radius 3 is 2.47 bits per heavy atom. The second-order valence-corrected chi connectivity index (χ2v) is 10.8. The van der Waals surface area contributed by atoms with Crippen LogP contribution in [0.1, 0.15) is 48.5 Å². The lowest BCUT2D eigenvalue weighted by molar-refractivity contribution is -0.127. The van der Waals surface area contributed by atoms with Crippen molar-refractivity contribution in [2.24, 2.45) is 5.73 Å². The highest BCUT2D eigenvalue weighted by Gasteiger charge is 2.34. The number of benzene rings is 1. The SMILES string of the molecule is Cc1oc(=O)oc1COC(=O)NC(C)(C)C(=O)NC(COCc1ccccc1)c1nnc2cccc(COC(=O)N(C)COCN)n12. The van der Waals surface area contributed by atoms with Crippen LogP contribution in [-0.2, 0) is 43.6 Å². The van der Waals surface area contributed by atoms with E-state index in [0.29, 0.717) is 11.3 Å². The van der Waals surface area contributed by atoms with Crippen molar-refractivity contribution >= 4 is 23.7 Å². The molecule has 4 rings (SSSR count). The number of nitrogens with two attached hydrogens (primary N) is 1. The Kier molecular flexibility index (Phi) is 11.7. The molecule has 3 aromatic heterocycles. The second kappa shape index (κ2) is 15.8. The number of nitrogens with one attached hydrogen (secondary N) is 2. The average Bonchev–Trinajstić information content (AvgIpc) is 3.63. The molecule has 0 spiro atoms. The Hall–Kier alpha value is -5.26. The Morgan fingerprint density at radius 2 is 1.77 bits per heavy atom. The summed E-state index contributed by atoms with van der Waals surface area (Å²) in [5.74, 6) is -1.03. The first-order chi connectivity index (χ1) is 22.5. The molecule has 0 saturated carbocycles. The molecule has 3 heterocycles. The van der Waals surface area contributed by atoms with Crippen molar-refractivity contribution in [1.29, 1.82) is 0 Å². The van der Waals surface area contributed by atoms with Crippen LogP contribution in [0.2, 0.25) is 0 Å². The van der Waals surface area contributed by atoms with Crippen molar-refractivity contribution in [3.8, 4) is 0 Å². The van der Waals surface area contributed by atoms with E-state index in [9.17, 15) is 19.2 Å². The molecule has 1 aromatic carbocycles. The number of hydrogen-bond acceptors (Lipinski definition) is 13. The molecule has 1 unspecified atom stereocenters. The van der Waals surface area contributed by atoms with Crippen LogP contribution in [0.25, 0.3) is 5.65 Å². The molecule has 47 heavy (non-hydrogen) atoms. The molecule has 4 N–H and O–H groups in total. The van der Waals surface area contributed by atoms with Gasteiger partial charge in [0.1, 0.15) is 24.9 Å². The quantitative estimate of drug-likeness (QED) is 0.157. The maximum atomic E-state index is 13.6. The summed E-state index contributed by atoms with van der Waals surface area (Å²) >= 11 is 0. The highest BCUT2D eigenvalue weighted by Crippen LogP contribution is 2.19. The summed E-state index contributed by atoms with van der Waals surface area (Å²) in [5, 5.41) is 14.0. The van der Waals surface area contributed by atoms with Crippen LogP contribution in [0, 0.1) is 6.92 Å². The van der Waals surface area contributed by atoms with E-state index < -0.39 is 35.5 Å². The van der Waals surface area contributed by atoms with E-state index in [1.165, 1.54) is 32.7 Å². The van der Waals surface area contributed by atoms with Crippen LogP contribution in [0.4, 0.5) is 9.59 Å². The van der Waals surface area contributed by atoms with Crippen LogP contribution in [0.5, 0.6) is 0 Å². The smallest absolute Gasteiger partial charge is 0.443 e. The number of fused-ring (bicyclic) bond motifs is 1. The zero-order chi connectivity index (χ0) is 34.0. The molecule has 0 fully saturated rings. The summed E-state index contributed by atoms with van der Waals surface area (Å²) in [4.78, 5) is 51.1. The topological polar surface area (TPSA) is 215 Å². The molecule has 1 atom stereocenters. The lowest BCUT2D eigenvalue weighted by atomic mass is 10.0. The first-order valence-corrected chi connectivity index (χ1v) is 14.4. The van der Waals surface area contributed by atoms with Gasteiger partial charge in [0.2, 0.25) is 5.91 Å². The summed E-state index contributed by atoms with van der Waals surface area (Å²) in [6.45, 7) is 4.00. The van der Waals surface area contributed by atoms with Gasteiger partial charge in [-0.1, -0.05) is 36.4 Å². The highest BCUT2D eigenvalue weighted by atomic mass is 16.6. The van der Waals surface area contributed by atoms with E-state index in [1.54, 1.807) is 22.6 Å². The first-order valence-electron chi connectivity index (χ1n) is 14.4. The van der Waals surface area contributed by atoms with Gasteiger partial charge in [-0.25, -0.2) is 14.4 Å². The normalized spacial score (nSPS) is 12.0.